The fourth-order valence-electron chi connectivity index (χ4n) is 2.80. The quantitative estimate of drug-likeness (QED) is 0.539. The number of carbonyl (C=O) groups excluding carboxylic acids is 1. The van der Waals surface area contributed by atoms with E-state index in [4.69, 9.17) is 5.11 Å². The number of aromatic carboxylic acids is 1. The van der Waals surface area contributed by atoms with Crippen LogP contribution in [0, 0.1) is 11.6 Å². The largest absolute Gasteiger partial charge is 0.573 e. The molecule has 3 aromatic rings. The number of hydrogen-bond donors (Lipinski definition) is 2. The first-order valence-electron chi connectivity index (χ1n) is 8.85. The van der Waals surface area contributed by atoms with Gasteiger partial charge in [0.1, 0.15) is 11.5 Å². The van der Waals surface area contributed by atoms with Gasteiger partial charge in [0.25, 0.3) is 5.91 Å². The molecule has 6 nitrogen and oxygen atoms in total. The minimum Gasteiger partial charge on any atom is -0.478 e. The van der Waals surface area contributed by atoms with E-state index in [0.717, 1.165) is 12.1 Å². The molecule has 0 fully saturated rings. The van der Waals surface area contributed by atoms with Gasteiger partial charge >= 0.3 is 12.3 Å². The molecule has 1 amide bonds. The van der Waals surface area contributed by atoms with E-state index in [9.17, 15) is 31.5 Å². The summed E-state index contributed by atoms with van der Waals surface area (Å²) in [7, 11) is 0. The van der Waals surface area contributed by atoms with Crippen LogP contribution in [0.25, 0.3) is 0 Å². The molecule has 0 aliphatic rings. The van der Waals surface area contributed by atoms with E-state index < -0.39 is 41.7 Å². The van der Waals surface area contributed by atoms with Crippen LogP contribution in [-0.2, 0) is 0 Å². The summed E-state index contributed by atoms with van der Waals surface area (Å²) in [6.45, 7) is 0. The van der Waals surface area contributed by atoms with Gasteiger partial charge in [-0.3, -0.25) is 9.78 Å². The SMILES string of the molecule is O=C(O)c1ccc(C(=O)NC(c2ccc(OC(F)(F)F)c(F)c2)c2ncccc2F)cc1. The van der Waals surface area contributed by atoms with Crippen LogP contribution in [0.5, 0.6) is 5.75 Å². The zero-order valence-electron chi connectivity index (χ0n) is 15.9. The summed E-state index contributed by atoms with van der Waals surface area (Å²) in [5.74, 6) is -5.33. The maximum absolute atomic E-state index is 14.4. The highest BCUT2D eigenvalue weighted by Gasteiger charge is 2.33. The molecule has 2 N–H and O–H groups in total. The summed E-state index contributed by atoms with van der Waals surface area (Å²) in [6.07, 6.45) is -3.90. The predicted octanol–water partition coefficient (Wildman–Crippen LogP) is 4.48. The standard InChI is InChI=1S/C21H13F5N2O4/c22-14-2-1-9-27-18(14)17(13-7-8-16(15(23)10-13)32-21(24,25)26)28-19(29)11-3-5-12(6-4-11)20(30)31/h1-10,17H,(H,28,29)(H,30,31). The second-order valence-corrected chi connectivity index (χ2v) is 6.40. The van der Waals surface area contributed by atoms with E-state index in [0.29, 0.717) is 12.1 Å². The number of halogens is 5. The molecule has 0 saturated carbocycles. The molecule has 32 heavy (non-hydrogen) atoms. The molecular formula is C21H13F5N2O4. The summed E-state index contributed by atoms with van der Waals surface area (Å²) in [5.41, 5.74) is -0.484. The number of nitrogens with zero attached hydrogens (tertiary/aromatic N) is 1. The Morgan fingerprint density at radius 3 is 2.19 bits per heavy atom. The molecule has 1 aromatic heterocycles. The Hall–Kier alpha value is -4.02. The second-order valence-electron chi connectivity index (χ2n) is 6.40. The van der Waals surface area contributed by atoms with Crippen LogP contribution in [-0.4, -0.2) is 28.3 Å². The molecule has 1 unspecified atom stereocenters. The highest BCUT2D eigenvalue weighted by atomic mass is 19.4. The highest BCUT2D eigenvalue weighted by Crippen LogP contribution is 2.30. The molecule has 0 saturated heterocycles. The van der Waals surface area contributed by atoms with Crippen molar-refractivity contribution in [1.29, 1.82) is 0 Å². The van der Waals surface area contributed by atoms with Crippen LogP contribution < -0.4 is 10.1 Å². The number of aromatic nitrogens is 1. The Labute approximate surface area is 177 Å². The third-order valence-corrected chi connectivity index (χ3v) is 4.24. The van der Waals surface area contributed by atoms with Gasteiger partial charge in [0.15, 0.2) is 11.6 Å². The van der Waals surface area contributed by atoms with Crippen LogP contribution in [0.15, 0.2) is 60.8 Å². The molecule has 0 bridgehead atoms. The minimum absolute atomic E-state index is 0.00818. The van der Waals surface area contributed by atoms with Gasteiger partial charge in [0.05, 0.1) is 11.6 Å². The Bertz CT molecular complexity index is 1150. The van der Waals surface area contributed by atoms with Gasteiger partial charge in [-0.25, -0.2) is 13.6 Å². The summed E-state index contributed by atoms with van der Waals surface area (Å²) >= 11 is 0. The fraction of sp³-hybridized carbons (Fsp3) is 0.0952. The van der Waals surface area contributed by atoms with Crippen molar-refractivity contribution < 1.29 is 41.4 Å². The number of nitrogens with one attached hydrogen (secondary N) is 1. The summed E-state index contributed by atoms with van der Waals surface area (Å²) < 4.78 is 69.4. The number of benzene rings is 2. The van der Waals surface area contributed by atoms with Gasteiger partial charge in [-0.2, -0.15) is 0 Å². The molecule has 3 rings (SSSR count). The van der Waals surface area contributed by atoms with Crippen LogP contribution in [0.1, 0.15) is 38.0 Å². The molecule has 0 radical (unpaired) electrons. The molecule has 11 heteroatoms. The molecule has 0 aliphatic heterocycles. The van der Waals surface area contributed by atoms with Crippen LogP contribution >= 0.6 is 0 Å². The van der Waals surface area contributed by atoms with Crippen molar-refractivity contribution in [3.8, 4) is 5.75 Å². The lowest BCUT2D eigenvalue weighted by atomic mass is 10.0. The maximum atomic E-state index is 14.4. The van der Waals surface area contributed by atoms with Crippen molar-refractivity contribution >= 4 is 11.9 Å². The average molecular weight is 452 g/mol. The fourth-order valence-corrected chi connectivity index (χ4v) is 2.80. The van der Waals surface area contributed by atoms with Crippen molar-refractivity contribution in [2.75, 3.05) is 0 Å². The predicted molar refractivity (Wildman–Crippen MR) is 100.0 cm³/mol. The van der Waals surface area contributed by atoms with E-state index in [1.165, 1.54) is 36.5 Å². The molecule has 1 heterocycles. The third-order valence-electron chi connectivity index (χ3n) is 4.24. The van der Waals surface area contributed by atoms with Gasteiger partial charge in [0.2, 0.25) is 0 Å². The van der Waals surface area contributed by atoms with Crippen LogP contribution in [0.3, 0.4) is 0 Å². The van der Waals surface area contributed by atoms with E-state index in [2.05, 4.69) is 15.0 Å². The first-order valence-corrected chi connectivity index (χ1v) is 8.85. The average Bonchev–Trinajstić information content (AvgIpc) is 2.73. The van der Waals surface area contributed by atoms with Crippen LogP contribution in [0.4, 0.5) is 22.0 Å². The number of pyridine rings is 1. The number of alkyl halides is 3. The first-order chi connectivity index (χ1) is 15.0. The minimum atomic E-state index is -5.12. The van der Waals surface area contributed by atoms with Crippen molar-refractivity contribution in [2.24, 2.45) is 0 Å². The lowest BCUT2D eigenvalue weighted by molar-refractivity contribution is -0.275. The number of rotatable bonds is 6. The Morgan fingerprint density at radius 2 is 1.62 bits per heavy atom. The Balaban J connectivity index is 1.96. The molecule has 2 aromatic carbocycles. The summed E-state index contributed by atoms with van der Waals surface area (Å²) in [5, 5.41) is 11.4. The number of amides is 1. The lowest BCUT2D eigenvalue weighted by Gasteiger charge is -2.20. The molecular weight excluding hydrogens is 439 g/mol. The maximum Gasteiger partial charge on any atom is 0.573 e. The number of carbonyl (C=O) groups is 2. The van der Waals surface area contributed by atoms with E-state index >= 15 is 0 Å². The Kier molecular flexibility index (Phi) is 6.37. The second kappa shape index (κ2) is 9.00. The van der Waals surface area contributed by atoms with Gasteiger partial charge in [-0.05, 0) is 54.1 Å². The van der Waals surface area contributed by atoms with Crippen molar-refractivity contribution in [2.45, 2.75) is 12.4 Å². The zero-order valence-corrected chi connectivity index (χ0v) is 15.9. The smallest absolute Gasteiger partial charge is 0.478 e. The van der Waals surface area contributed by atoms with Crippen LogP contribution in [0.2, 0.25) is 0 Å². The highest BCUT2D eigenvalue weighted by molar-refractivity contribution is 5.96. The number of hydrogen-bond acceptors (Lipinski definition) is 4. The summed E-state index contributed by atoms with van der Waals surface area (Å²) in [4.78, 5) is 27.5. The van der Waals surface area contributed by atoms with E-state index in [1.54, 1.807) is 0 Å². The number of ether oxygens (including phenoxy) is 1. The molecule has 166 valence electrons. The van der Waals surface area contributed by atoms with E-state index in [1.807, 2.05) is 0 Å². The monoisotopic (exact) mass is 452 g/mol. The van der Waals surface area contributed by atoms with Gasteiger partial charge in [-0.15, -0.1) is 13.2 Å². The topological polar surface area (TPSA) is 88.5 Å². The lowest BCUT2D eigenvalue weighted by Crippen LogP contribution is -2.30. The number of carboxylic acids is 1. The van der Waals surface area contributed by atoms with Gasteiger partial charge in [0, 0.05) is 11.8 Å². The molecule has 0 spiro atoms. The zero-order chi connectivity index (χ0) is 23.5. The molecule has 0 aliphatic carbocycles. The summed E-state index contributed by atoms with van der Waals surface area (Å²) in [6, 6.07) is 8.11. The Morgan fingerprint density at radius 1 is 0.969 bits per heavy atom. The van der Waals surface area contributed by atoms with Crippen molar-refractivity contribution in [3.05, 3.63) is 94.8 Å². The van der Waals surface area contributed by atoms with Crippen molar-refractivity contribution in [1.82, 2.24) is 10.3 Å². The molecule has 1 atom stereocenters. The first kappa shape index (κ1) is 22.7. The van der Waals surface area contributed by atoms with Gasteiger partial charge < -0.3 is 15.2 Å². The normalized spacial score (nSPS) is 12.2. The van der Waals surface area contributed by atoms with E-state index in [-0.39, 0.29) is 22.4 Å². The van der Waals surface area contributed by atoms with Crippen molar-refractivity contribution in [3.63, 3.8) is 0 Å². The number of carboxylic acid groups (broad SMARTS) is 1. The third kappa shape index (κ3) is 5.36. The van der Waals surface area contributed by atoms with Gasteiger partial charge in [-0.1, -0.05) is 6.07 Å².